The highest BCUT2D eigenvalue weighted by atomic mass is 79.9. The Hall–Kier alpha value is -1.18. The van der Waals surface area contributed by atoms with Crippen LogP contribution in [-0.4, -0.2) is 35.3 Å². The van der Waals surface area contributed by atoms with Crippen LogP contribution in [0.1, 0.15) is 18.5 Å². The van der Waals surface area contributed by atoms with Gasteiger partial charge in [0.2, 0.25) is 0 Å². The maximum atomic E-state index is 12.3. The molecule has 0 saturated carbocycles. The topological polar surface area (TPSA) is 50.2 Å². The third-order valence-corrected chi connectivity index (χ3v) is 4.63. The smallest absolute Gasteiger partial charge is 0.283 e. The number of nitrogens with one attached hydrogen (secondary N) is 1. The van der Waals surface area contributed by atoms with Crippen LogP contribution < -0.4 is 10.9 Å². The van der Waals surface area contributed by atoms with Gasteiger partial charge in [0.1, 0.15) is 4.47 Å². The molecule has 114 valence electrons. The van der Waals surface area contributed by atoms with Crippen LogP contribution in [0.3, 0.4) is 0 Å². The molecule has 0 amide bonds. The van der Waals surface area contributed by atoms with E-state index in [-0.39, 0.29) is 11.6 Å². The summed E-state index contributed by atoms with van der Waals surface area (Å²) in [5, 5.41) is 11.7. The molecule has 0 aromatic carbocycles. The average molecular weight is 371 g/mol. The number of thiophene rings is 1. The summed E-state index contributed by atoms with van der Waals surface area (Å²) < 4.78 is 2.00. The predicted molar refractivity (Wildman–Crippen MR) is 91.1 cm³/mol. The Kier molecular flexibility index (Phi) is 5.55. The van der Waals surface area contributed by atoms with Crippen molar-refractivity contribution in [1.82, 2.24) is 14.7 Å². The molecule has 1 unspecified atom stereocenters. The first-order valence-corrected chi connectivity index (χ1v) is 8.41. The first-order chi connectivity index (χ1) is 9.99. The molecule has 0 bridgehead atoms. The SMILES string of the molecule is CC(Nc1cnn(CCN(C)C)c(=O)c1Br)c1ccsc1. The molecule has 0 saturated heterocycles. The van der Waals surface area contributed by atoms with E-state index < -0.39 is 0 Å². The lowest BCUT2D eigenvalue weighted by Crippen LogP contribution is -2.29. The molecule has 1 N–H and O–H groups in total. The second kappa shape index (κ2) is 7.20. The predicted octanol–water partition coefficient (Wildman–Crippen LogP) is 2.80. The minimum atomic E-state index is -0.112. The molecule has 0 aliphatic carbocycles. The molecule has 7 heteroatoms. The molecule has 0 spiro atoms. The first kappa shape index (κ1) is 16.2. The van der Waals surface area contributed by atoms with Crippen LogP contribution in [0.15, 0.2) is 32.3 Å². The van der Waals surface area contributed by atoms with Gasteiger partial charge in [0.25, 0.3) is 5.56 Å². The fourth-order valence-corrected chi connectivity index (χ4v) is 3.03. The summed E-state index contributed by atoms with van der Waals surface area (Å²) in [6, 6.07) is 2.20. The van der Waals surface area contributed by atoms with Crippen LogP contribution in [0, 0.1) is 0 Å². The van der Waals surface area contributed by atoms with E-state index in [2.05, 4.69) is 44.7 Å². The summed E-state index contributed by atoms with van der Waals surface area (Å²) >= 11 is 5.04. The average Bonchev–Trinajstić information content (AvgIpc) is 2.97. The number of anilines is 1. The monoisotopic (exact) mass is 370 g/mol. The Bertz CT molecular complexity index is 639. The standard InChI is InChI=1S/C14H19BrN4OS/c1-10(11-4-7-21-9-11)17-12-8-16-19(6-5-18(2)3)14(20)13(12)15/h4,7-10,17H,5-6H2,1-3H3. The molecular weight excluding hydrogens is 352 g/mol. The highest BCUT2D eigenvalue weighted by molar-refractivity contribution is 9.10. The van der Waals surface area contributed by atoms with Gasteiger partial charge >= 0.3 is 0 Å². The number of likely N-dealkylation sites (N-methyl/N-ethyl adjacent to an activating group) is 1. The Balaban J connectivity index is 2.15. The summed E-state index contributed by atoms with van der Waals surface area (Å²) in [6.45, 7) is 3.41. The van der Waals surface area contributed by atoms with Crippen LogP contribution in [-0.2, 0) is 6.54 Å². The largest absolute Gasteiger partial charge is 0.376 e. The summed E-state index contributed by atoms with van der Waals surface area (Å²) in [5.74, 6) is 0. The second-order valence-electron chi connectivity index (χ2n) is 5.13. The van der Waals surface area contributed by atoms with E-state index in [1.54, 1.807) is 17.5 Å². The molecule has 2 aromatic rings. The van der Waals surface area contributed by atoms with Crippen molar-refractivity contribution < 1.29 is 0 Å². The highest BCUT2D eigenvalue weighted by Gasteiger charge is 2.12. The molecule has 5 nitrogen and oxygen atoms in total. The third kappa shape index (κ3) is 4.15. The van der Waals surface area contributed by atoms with Gasteiger partial charge in [-0.1, -0.05) is 0 Å². The van der Waals surface area contributed by atoms with E-state index in [1.807, 2.05) is 24.4 Å². The van der Waals surface area contributed by atoms with Gasteiger partial charge in [0.15, 0.2) is 0 Å². The van der Waals surface area contributed by atoms with Crippen molar-refractivity contribution in [2.45, 2.75) is 19.5 Å². The third-order valence-electron chi connectivity index (χ3n) is 3.16. The molecular formula is C14H19BrN4OS. The van der Waals surface area contributed by atoms with Gasteiger partial charge in [0.05, 0.1) is 18.4 Å². The van der Waals surface area contributed by atoms with Crippen LogP contribution in [0.25, 0.3) is 0 Å². The molecule has 2 aromatic heterocycles. The van der Waals surface area contributed by atoms with Crippen molar-refractivity contribution >= 4 is 33.0 Å². The lowest BCUT2D eigenvalue weighted by molar-refractivity contribution is 0.367. The summed E-state index contributed by atoms with van der Waals surface area (Å²) in [4.78, 5) is 14.3. The molecule has 0 radical (unpaired) electrons. The van der Waals surface area contributed by atoms with Crippen LogP contribution in [0.5, 0.6) is 0 Å². The van der Waals surface area contributed by atoms with Crippen molar-refractivity contribution in [3.05, 3.63) is 43.4 Å². The van der Waals surface area contributed by atoms with E-state index in [0.717, 1.165) is 12.2 Å². The number of halogens is 1. The zero-order chi connectivity index (χ0) is 15.4. The molecule has 2 heterocycles. The van der Waals surface area contributed by atoms with Gasteiger partial charge in [-0.25, -0.2) is 4.68 Å². The number of nitrogens with zero attached hydrogens (tertiary/aromatic N) is 3. The van der Waals surface area contributed by atoms with E-state index in [1.165, 1.54) is 10.2 Å². The molecule has 0 aliphatic heterocycles. The lowest BCUT2D eigenvalue weighted by Gasteiger charge is -2.16. The van der Waals surface area contributed by atoms with Gasteiger partial charge in [-0.2, -0.15) is 16.4 Å². The summed E-state index contributed by atoms with van der Waals surface area (Å²) in [6.07, 6.45) is 1.70. The van der Waals surface area contributed by atoms with Crippen molar-refractivity contribution in [2.75, 3.05) is 26.0 Å². The molecule has 2 rings (SSSR count). The van der Waals surface area contributed by atoms with Crippen molar-refractivity contribution in [2.24, 2.45) is 0 Å². The fraction of sp³-hybridized carbons (Fsp3) is 0.429. The van der Waals surface area contributed by atoms with E-state index in [4.69, 9.17) is 0 Å². The first-order valence-electron chi connectivity index (χ1n) is 6.68. The number of rotatable bonds is 6. The van der Waals surface area contributed by atoms with Gasteiger partial charge in [-0.05, 0) is 59.3 Å². The highest BCUT2D eigenvalue weighted by Crippen LogP contribution is 2.24. The Morgan fingerprint density at radius 3 is 2.90 bits per heavy atom. The van der Waals surface area contributed by atoms with E-state index >= 15 is 0 Å². The van der Waals surface area contributed by atoms with Crippen LogP contribution in [0.4, 0.5) is 5.69 Å². The van der Waals surface area contributed by atoms with Gasteiger partial charge < -0.3 is 10.2 Å². The van der Waals surface area contributed by atoms with Gasteiger partial charge in [-0.3, -0.25) is 4.79 Å². The Labute approximate surface area is 136 Å². The molecule has 1 atom stereocenters. The summed E-state index contributed by atoms with van der Waals surface area (Å²) in [5.41, 5.74) is 1.81. The number of hydrogen-bond donors (Lipinski definition) is 1. The number of aromatic nitrogens is 2. The Morgan fingerprint density at radius 2 is 2.29 bits per heavy atom. The minimum Gasteiger partial charge on any atom is -0.376 e. The van der Waals surface area contributed by atoms with Crippen LogP contribution in [0.2, 0.25) is 0 Å². The molecule has 21 heavy (non-hydrogen) atoms. The minimum absolute atomic E-state index is 0.112. The maximum Gasteiger partial charge on any atom is 0.283 e. The lowest BCUT2D eigenvalue weighted by atomic mass is 10.2. The van der Waals surface area contributed by atoms with Crippen LogP contribution >= 0.6 is 27.3 Å². The summed E-state index contributed by atoms with van der Waals surface area (Å²) in [7, 11) is 3.94. The van der Waals surface area contributed by atoms with Crippen molar-refractivity contribution in [1.29, 1.82) is 0 Å². The second-order valence-corrected chi connectivity index (χ2v) is 6.70. The van der Waals surface area contributed by atoms with Gasteiger partial charge in [0, 0.05) is 12.6 Å². The van der Waals surface area contributed by atoms with Gasteiger partial charge in [-0.15, -0.1) is 0 Å². The zero-order valence-corrected chi connectivity index (χ0v) is 14.7. The Morgan fingerprint density at radius 1 is 1.52 bits per heavy atom. The maximum absolute atomic E-state index is 12.3. The normalized spacial score (nSPS) is 12.6. The van der Waals surface area contributed by atoms with E-state index in [9.17, 15) is 4.79 Å². The zero-order valence-electron chi connectivity index (χ0n) is 12.3. The molecule has 0 aliphatic rings. The molecule has 0 fully saturated rings. The van der Waals surface area contributed by atoms with E-state index in [0.29, 0.717) is 11.0 Å². The van der Waals surface area contributed by atoms with Crippen molar-refractivity contribution in [3.63, 3.8) is 0 Å². The quantitative estimate of drug-likeness (QED) is 0.849. The van der Waals surface area contributed by atoms with Crippen molar-refractivity contribution in [3.8, 4) is 0 Å². The fourth-order valence-electron chi connectivity index (χ4n) is 1.86. The number of hydrogen-bond acceptors (Lipinski definition) is 5.